The highest BCUT2D eigenvalue weighted by atomic mass is 28.3. The van der Waals surface area contributed by atoms with Gasteiger partial charge in [-0.1, -0.05) is 119 Å². The van der Waals surface area contributed by atoms with Crippen LogP contribution in [0.15, 0.2) is 42.1 Å². The van der Waals surface area contributed by atoms with Crippen molar-refractivity contribution in [3.8, 4) is 0 Å². The highest BCUT2D eigenvalue weighted by molar-refractivity contribution is 6.93. The van der Waals surface area contributed by atoms with Crippen LogP contribution in [0.4, 0.5) is 0 Å². The normalized spacial score (nSPS) is 12.1. The molecule has 0 nitrogen and oxygen atoms in total. The summed E-state index contributed by atoms with van der Waals surface area (Å²) in [5.74, 6) is 0. The van der Waals surface area contributed by atoms with Crippen LogP contribution in [0.25, 0.3) is 0 Å². The van der Waals surface area contributed by atoms with Gasteiger partial charge in [-0.15, -0.1) is 0 Å². The fourth-order valence-corrected chi connectivity index (χ4v) is 4.91. The van der Waals surface area contributed by atoms with E-state index < -0.39 is 8.07 Å². The molecule has 0 radical (unpaired) electrons. The van der Waals surface area contributed by atoms with E-state index in [4.69, 9.17) is 0 Å². The van der Waals surface area contributed by atoms with Gasteiger partial charge < -0.3 is 0 Å². The van der Waals surface area contributed by atoms with E-state index in [1.165, 1.54) is 64.2 Å². The minimum atomic E-state index is -1.35. The topological polar surface area (TPSA) is 0 Å². The molecule has 0 aliphatic carbocycles. The molecule has 1 aromatic carbocycles. The molecular weight excluding hydrogens is 280 g/mol. The Kier molecular flexibility index (Phi) is 10.2. The molecule has 0 aromatic heterocycles. The van der Waals surface area contributed by atoms with Crippen LogP contribution in [0.3, 0.4) is 0 Å². The van der Waals surface area contributed by atoms with Gasteiger partial charge in [-0.05, 0) is 12.8 Å². The van der Waals surface area contributed by atoms with E-state index in [0.29, 0.717) is 0 Å². The van der Waals surface area contributed by atoms with Gasteiger partial charge in [0.05, 0.1) is 0 Å². The van der Waals surface area contributed by atoms with Crippen molar-refractivity contribution in [2.24, 2.45) is 0 Å². The van der Waals surface area contributed by atoms with Gasteiger partial charge in [-0.25, -0.2) is 0 Å². The first-order chi connectivity index (χ1) is 10.7. The predicted molar refractivity (Wildman–Crippen MR) is 105 cm³/mol. The zero-order valence-corrected chi connectivity index (χ0v) is 16.1. The van der Waals surface area contributed by atoms with Gasteiger partial charge in [0, 0.05) is 0 Å². The van der Waals surface area contributed by atoms with Crippen LogP contribution >= 0.6 is 0 Å². The van der Waals surface area contributed by atoms with E-state index in [2.05, 4.69) is 62.1 Å². The molecule has 22 heavy (non-hydrogen) atoms. The smallest absolute Gasteiger partial charge is 0.0943 e. The van der Waals surface area contributed by atoms with Crippen LogP contribution in [0.1, 0.15) is 71.1 Å². The fourth-order valence-electron chi connectivity index (χ4n) is 2.91. The third kappa shape index (κ3) is 8.58. The second-order valence-corrected chi connectivity index (χ2v) is 11.5. The third-order valence-electron chi connectivity index (χ3n) is 4.53. The lowest BCUT2D eigenvalue weighted by atomic mass is 10.1. The number of unbranched alkanes of at least 4 members (excludes halogenated alkanes) is 9. The first-order valence-corrected chi connectivity index (χ1v) is 12.5. The minimum Gasteiger partial charge on any atom is -0.0943 e. The molecule has 0 amide bonds. The highest BCUT2D eigenvalue weighted by Crippen LogP contribution is 2.11. The Morgan fingerprint density at radius 2 is 1.32 bits per heavy atom. The summed E-state index contributed by atoms with van der Waals surface area (Å²) in [7, 11) is -1.35. The summed E-state index contributed by atoms with van der Waals surface area (Å²) in [6.45, 7) is 7.17. The van der Waals surface area contributed by atoms with Crippen LogP contribution in [0.2, 0.25) is 13.1 Å². The van der Waals surface area contributed by atoms with E-state index >= 15 is 0 Å². The molecule has 0 spiro atoms. The molecule has 0 saturated heterocycles. The maximum Gasteiger partial charge on any atom is 0.103 e. The number of hydrogen-bond acceptors (Lipinski definition) is 0. The third-order valence-corrected chi connectivity index (χ3v) is 7.42. The number of rotatable bonds is 12. The lowest BCUT2D eigenvalue weighted by Gasteiger charge is -2.18. The Balaban J connectivity index is 2.07. The molecule has 1 heteroatoms. The molecule has 0 heterocycles. The maximum absolute atomic E-state index is 2.52. The standard InChI is InChI=1S/C21H36Si/c1-4-5-6-7-8-9-10-11-12-13-17-20-22(2,3)21-18-15-14-16-19-21/h14-20H,4-13H2,1-3H3/b20-17-. The van der Waals surface area contributed by atoms with Crippen molar-refractivity contribution in [3.05, 3.63) is 42.1 Å². The molecule has 0 N–H and O–H groups in total. The van der Waals surface area contributed by atoms with Gasteiger partial charge in [0.1, 0.15) is 8.07 Å². The number of allylic oxidation sites excluding steroid dienone is 1. The van der Waals surface area contributed by atoms with Crippen LogP contribution in [-0.2, 0) is 0 Å². The molecule has 0 bridgehead atoms. The average Bonchev–Trinajstić information content (AvgIpc) is 2.53. The van der Waals surface area contributed by atoms with Gasteiger partial charge >= 0.3 is 0 Å². The molecule has 0 aliphatic heterocycles. The summed E-state index contributed by atoms with van der Waals surface area (Å²) in [6.07, 6.45) is 16.5. The minimum absolute atomic E-state index is 1.26. The lowest BCUT2D eigenvalue weighted by molar-refractivity contribution is 0.566. The van der Waals surface area contributed by atoms with Crippen molar-refractivity contribution in [1.29, 1.82) is 0 Å². The summed E-state index contributed by atoms with van der Waals surface area (Å²) >= 11 is 0. The van der Waals surface area contributed by atoms with Crippen molar-refractivity contribution in [1.82, 2.24) is 0 Å². The Morgan fingerprint density at radius 3 is 1.91 bits per heavy atom. The second-order valence-electron chi connectivity index (χ2n) is 7.11. The molecule has 124 valence electrons. The number of benzene rings is 1. The molecule has 0 saturated carbocycles. The molecule has 1 rings (SSSR count). The van der Waals surface area contributed by atoms with Gasteiger partial charge in [-0.2, -0.15) is 0 Å². The second kappa shape index (κ2) is 11.7. The summed E-state index contributed by atoms with van der Waals surface area (Å²) in [4.78, 5) is 0. The summed E-state index contributed by atoms with van der Waals surface area (Å²) in [5.41, 5.74) is 2.52. The molecule has 0 atom stereocenters. The van der Waals surface area contributed by atoms with Crippen molar-refractivity contribution < 1.29 is 0 Å². The van der Waals surface area contributed by atoms with Crippen molar-refractivity contribution in [2.75, 3.05) is 0 Å². The van der Waals surface area contributed by atoms with E-state index in [-0.39, 0.29) is 0 Å². The van der Waals surface area contributed by atoms with Crippen molar-refractivity contribution in [3.63, 3.8) is 0 Å². The molecule has 0 aliphatic rings. The van der Waals surface area contributed by atoms with Crippen molar-refractivity contribution in [2.45, 2.75) is 84.2 Å². The van der Waals surface area contributed by atoms with Gasteiger partial charge in [-0.3, -0.25) is 0 Å². The van der Waals surface area contributed by atoms with Crippen LogP contribution in [0, 0.1) is 0 Å². The average molecular weight is 317 g/mol. The number of hydrogen-bond donors (Lipinski definition) is 0. The SMILES string of the molecule is CCCCCCCCCCC/C=C\[Si](C)(C)c1ccccc1. The molecule has 0 unspecified atom stereocenters. The summed E-state index contributed by atoms with van der Waals surface area (Å²) in [6, 6.07) is 11.0. The van der Waals surface area contributed by atoms with Crippen molar-refractivity contribution >= 4 is 13.3 Å². The van der Waals surface area contributed by atoms with E-state index in [1.807, 2.05) is 0 Å². The largest absolute Gasteiger partial charge is 0.103 e. The van der Waals surface area contributed by atoms with E-state index in [1.54, 1.807) is 5.19 Å². The molecular formula is C21H36Si. The quantitative estimate of drug-likeness (QED) is 0.300. The molecule has 0 fully saturated rings. The summed E-state index contributed by atoms with van der Waals surface area (Å²) in [5, 5.41) is 1.54. The monoisotopic (exact) mass is 316 g/mol. The predicted octanol–water partition coefficient (Wildman–Crippen LogP) is 6.62. The first-order valence-electron chi connectivity index (χ1n) is 9.40. The maximum atomic E-state index is 2.52. The van der Waals surface area contributed by atoms with Gasteiger partial charge in [0.2, 0.25) is 0 Å². The van der Waals surface area contributed by atoms with Crippen LogP contribution < -0.4 is 5.19 Å². The Hall–Kier alpha value is -0.823. The lowest BCUT2D eigenvalue weighted by Crippen LogP contribution is -2.39. The first kappa shape index (κ1) is 19.2. The van der Waals surface area contributed by atoms with E-state index in [0.717, 1.165) is 0 Å². The van der Waals surface area contributed by atoms with Gasteiger partial charge in [0.15, 0.2) is 0 Å². The zero-order chi connectivity index (χ0) is 16.1. The zero-order valence-electron chi connectivity index (χ0n) is 15.1. The van der Waals surface area contributed by atoms with Gasteiger partial charge in [0.25, 0.3) is 0 Å². The Labute approximate surface area is 140 Å². The van der Waals surface area contributed by atoms with Crippen LogP contribution in [-0.4, -0.2) is 8.07 Å². The van der Waals surface area contributed by atoms with Crippen LogP contribution in [0.5, 0.6) is 0 Å². The van der Waals surface area contributed by atoms with E-state index in [9.17, 15) is 0 Å². The fraction of sp³-hybridized carbons (Fsp3) is 0.619. The Morgan fingerprint density at radius 1 is 0.773 bits per heavy atom. The Bertz CT molecular complexity index is 392. The molecule has 1 aromatic rings. The summed E-state index contributed by atoms with van der Waals surface area (Å²) < 4.78 is 0. The highest BCUT2D eigenvalue weighted by Gasteiger charge is 2.18.